The minimum atomic E-state index is -0.800. The number of carbonyl (C=O) groups excluding carboxylic acids is 1. The molecule has 3 aromatic heterocycles. The van der Waals surface area contributed by atoms with Crippen molar-refractivity contribution < 1.29 is 9.90 Å². The molecule has 5 rings (SSSR count). The third kappa shape index (κ3) is 5.02. The summed E-state index contributed by atoms with van der Waals surface area (Å²) < 4.78 is 3.63. The maximum absolute atomic E-state index is 13.1. The number of hydrogen-bond acceptors (Lipinski definition) is 7. The Morgan fingerprint density at radius 1 is 1.27 bits per heavy atom. The van der Waals surface area contributed by atoms with Gasteiger partial charge < -0.3 is 20.3 Å². The number of nitrogens with zero attached hydrogens (tertiary/aromatic N) is 5. The van der Waals surface area contributed by atoms with Crippen LogP contribution in [-0.2, 0) is 0 Å². The van der Waals surface area contributed by atoms with Gasteiger partial charge in [0.05, 0.1) is 6.33 Å². The number of rotatable bonds is 8. The van der Waals surface area contributed by atoms with Gasteiger partial charge in [0.2, 0.25) is 0 Å². The topological polar surface area (TPSA) is 121 Å². The van der Waals surface area contributed by atoms with Gasteiger partial charge >= 0.3 is 0 Å². The van der Waals surface area contributed by atoms with Crippen LogP contribution in [0, 0.1) is 13.8 Å². The first-order valence-electron chi connectivity index (χ1n) is 12.3. The summed E-state index contributed by atoms with van der Waals surface area (Å²) >= 11 is 0. The van der Waals surface area contributed by atoms with Gasteiger partial charge in [0, 0.05) is 46.8 Å². The molecule has 3 heterocycles. The number of anilines is 2. The maximum atomic E-state index is 13.1. The number of hydrogen-bond donors (Lipinski definition) is 4. The summed E-state index contributed by atoms with van der Waals surface area (Å²) in [4.78, 5) is 21.7. The third-order valence-corrected chi connectivity index (χ3v) is 6.48. The number of allylic oxidation sites excluding steroid dienone is 4. The summed E-state index contributed by atoms with van der Waals surface area (Å²) in [5.74, 6) is 0.414. The number of carbonyl (C=O) groups is 1. The number of aliphatic hydroxyl groups is 1. The van der Waals surface area contributed by atoms with Gasteiger partial charge in [-0.1, -0.05) is 19.1 Å². The van der Waals surface area contributed by atoms with Crippen LogP contribution >= 0.6 is 0 Å². The normalized spacial score (nSPS) is 14.3. The predicted octanol–water partition coefficient (Wildman–Crippen LogP) is 3.84. The highest BCUT2D eigenvalue weighted by Gasteiger charge is 2.19. The highest BCUT2D eigenvalue weighted by Crippen LogP contribution is 2.29. The van der Waals surface area contributed by atoms with Crippen molar-refractivity contribution in [2.75, 3.05) is 11.9 Å². The first-order valence-corrected chi connectivity index (χ1v) is 12.3. The summed E-state index contributed by atoms with van der Waals surface area (Å²) in [6, 6.07) is 5.55. The van der Waals surface area contributed by atoms with E-state index >= 15 is 0 Å². The lowest BCUT2D eigenvalue weighted by Crippen LogP contribution is -2.24. The Balaban J connectivity index is 1.39. The molecular formula is C27H30N8O2. The fourth-order valence-corrected chi connectivity index (χ4v) is 4.47. The van der Waals surface area contributed by atoms with E-state index in [2.05, 4.69) is 37.1 Å². The van der Waals surface area contributed by atoms with Crippen LogP contribution in [0.4, 0.5) is 11.5 Å². The van der Waals surface area contributed by atoms with Crippen molar-refractivity contribution in [3.8, 4) is 0 Å². The highest BCUT2D eigenvalue weighted by atomic mass is 16.3. The Labute approximate surface area is 214 Å². The standard InChI is InChI=1S/C27H30N8O2/c1-4-29-27(37)22-14-35-24(18(22)3)25(30-15-31-35)33-23-12-19(9-8-17(23)2)26(36)32-20-6-5-7-21(13-20)34-11-10-28-16-34/h7-16,27,29,37H,4-6H2,1-3H3,(H,32,36)(H,30,31,33). The number of nitrogens with one attached hydrogen (secondary N) is 3. The quantitative estimate of drug-likeness (QED) is 0.272. The molecule has 1 unspecified atom stereocenters. The van der Waals surface area contributed by atoms with Crippen molar-refractivity contribution in [3.63, 3.8) is 0 Å². The van der Waals surface area contributed by atoms with Gasteiger partial charge in [-0.15, -0.1) is 0 Å². The van der Waals surface area contributed by atoms with Crippen LogP contribution in [0.2, 0.25) is 0 Å². The smallest absolute Gasteiger partial charge is 0.255 e. The summed E-state index contributed by atoms with van der Waals surface area (Å²) in [7, 11) is 0. The fraction of sp³-hybridized carbons (Fsp3) is 0.259. The molecule has 0 fully saturated rings. The van der Waals surface area contributed by atoms with Crippen LogP contribution in [-0.4, -0.2) is 41.7 Å². The summed E-state index contributed by atoms with van der Waals surface area (Å²) in [6.45, 7) is 6.48. The van der Waals surface area contributed by atoms with E-state index in [9.17, 15) is 9.90 Å². The third-order valence-electron chi connectivity index (χ3n) is 6.48. The Morgan fingerprint density at radius 3 is 2.92 bits per heavy atom. The van der Waals surface area contributed by atoms with Gasteiger partial charge in [-0.3, -0.25) is 10.1 Å². The lowest BCUT2D eigenvalue weighted by atomic mass is 10.1. The van der Waals surface area contributed by atoms with Crippen molar-refractivity contribution in [2.45, 2.75) is 39.8 Å². The molecule has 10 nitrogen and oxygen atoms in total. The van der Waals surface area contributed by atoms with Gasteiger partial charge in [-0.2, -0.15) is 5.10 Å². The van der Waals surface area contributed by atoms with Gasteiger partial charge in [-0.25, -0.2) is 14.5 Å². The van der Waals surface area contributed by atoms with E-state index in [1.807, 2.05) is 55.8 Å². The highest BCUT2D eigenvalue weighted by molar-refractivity contribution is 5.97. The molecule has 0 aliphatic heterocycles. The molecular weight excluding hydrogens is 468 g/mol. The largest absolute Gasteiger partial charge is 0.374 e. The molecule has 37 heavy (non-hydrogen) atoms. The minimum Gasteiger partial charge on any atom is -0.374 e. The van der Waals surface area contributed by atoms with E-state index in [-0.39, 0.29) is 5.91 Å². The van der Waals surface area contributed by atoms with Crippen LogP contribution in [0.25, 0.3) is 11.2 Å². The van der Waals surface area contributed by atoms with E-state index in [0.717, 1.165) is 52.1 Å². The molecule has 0 saturated heterocycles. The zero-order chi connectivity index (χ0) is 25.9. The summed E-state index contributed by atoms with van der Waals surface area (Å²) in [6.07, 6.45) is 13.5. The lowest BCUT2D eigenvalue weighted by molar-refractivity contribution is 0.0964. The molecule has 1 aliphatic rings. The molecule has 10 heteroatoms. The summed E-state index contributed by atoms with van der Waals surface area (Å²) in [5, 5.41) is 24.2. The average Bonchev–Trinajstić information content (AvgIpc) is 3.55. The average molecular weight is 499 g/mol. The molecule has 190 valence electrons. The van der Waals surface area contributed by atoms with Gasteiger partial charge in [-0.05, 0) is 62.6 Å². The molecule has 0 bridgehead atoms. The van der Waals surface area contributed by atoms with E-state index in [4.69, 9.17) is 0 Å². The molecule has 1 aliphatic carbocycles. The number of aliphatic hydroxyl groups excluding tert-OH is 1. The van der Waals surface area contributed by atoms with Gasteiger partial charge in [0.25, 0.3) is 5.91 Å². The SMILES string of the molecule is CCNC(O)c1cn2ncnc(Nc3cc(C(=O)NC4=CC(n5ccnc5)=CCC4)ccc3C)c2c1C. The van der Waals surface area contributed by atoms with Gasteiger partial charge in [0.1, 0.15) is 18.1 Å². The van der Waals surface area contributed by atoms with E-state index in [1.165, 1.54) is 6.33 Å². The number of imidazole rings is 1. The zero-order valence-corrected chi connectivity index (χ0v) is 21.1. The van der Waals surface area contributed by atoms with Crippen LogP contribution in [0.15, 0.2) is 67.3 Å². The Bertz CT molecular complexity index is 1500. The van der Waals surface area contributed by atoms with Crippen molar-refractivity contribution in [1.82, 2.24) is 34.8 Å². The van der Waals surface area contributed by atoms with Crippen LogP contribution in [0.5, 0.6) is 0 Å². The maximum Gasteiger partial charge on any atom is 0.255 e. The molecule has 0 saturated carbocycles. The second kappa shape index (κ2) is 10.4. The van der Waals surface area contributed by atoms with Crippen LogP contribution < -0.4 is 16.0 Å². The molecule has 1 amide bonds. The Hall–Kier alpha value is -4.28. The fourth-order valence-electron chi connectivity index (χ4n) is 4.47. The predicted molar refractivity (Wildman–Crippen MR) is 142 cm³/mol. The zero-order valence-electron chi connectivity index (χ0n) is 21.1. The van der Waals surface area contributed by atoms with Crippen molar-refractivity contribution in [2.24, 2.45) is 0 Å². The number of amides is 1. The summed E-state index contributed by atoms with van der Waals surface area (Å²) in [5.41, 5.74) is 6.47. The van der Waals surface area contributed by atoms with E-state index in [0.29, 0.717) is 17.9 Å². The second-order valence-corrected chi connectivity index (χ2v) is 8.99. The Morgan fingerprint density at radius 2 is 2.14 bits per heavy atom. The molecule has 0 spiro atoms. The van der Waals surface area contributed by atoms with E-state index < -0.39 is 6.23 Å². The van der Waals surface area contributed by atoms with Crippen molar-refractivity contribution in [3.05, 3.63) is 89.5 Å². The van der Waals surface area contributed by atoms with E-state index in [1.54, 1.807) is 23.2 Å². The first kappa shape index (κ1) is 24.4. The Kier molecular flexibility index (Phi) is 6.85. The molecule has 4 N–H and O–H groups in total. The number of aromatic nitrogens is 5. The van der Waals surface area contributed by atoms with Crippen molar-refractivity contribution in [1.29, 1.82) is 0 Å². The van der Waals surface area contributed by atoms with Crippen LogP contribution in [0.1, 0.15) is 53.0 Å². The van der Waals surface area contributed by atoms with Crippen LogP contribution in [0.3, 0.4) is 0 Å². The number of benzene rings is 1. The molecule has 4 aromatic rings. The molecule has 1 atom stereocenters. The molecule has 1 aromatic carbocycles. The number of fused-ring (bicyclic) bond motifs is 1. The monoisotopic (exact) mass is 498 g/mol. The first-order chi connectivity index (χ1) is 17.9. The van der Waals surface area contributed by atoms with Crippen molar-refractivity contribution >= 4 is 28.6 Å². The molecule has 0 radical (unpaired) electrons. The van der Waals surface area contributed by atoms with Gasteiger partial charge in [0.15, 0.2) is 5.82 Å². The second-order valence-electron chi connectivity index (χ2n) is 8.99. The number of aryl methyl sites for hydroxylation is 2. The minimum absolute atomic E-state index is 0.177. The lowest BCUT2D eigenvalue weighted by Gasteiger charge is -2.16.